The van der Waals surface area contributed by atoms with E-state index in [9.17, 15) is 4.39 Å². The van der Waals surface area contributed by atoms with E-state index in [1.165, 1.54) is 6.07 Å². The predicted octanol–water partition coefficient (Wildman–Crippen LogP) is 1.85. The molecule has 0 amide bonds. The van der Waals surface area contributed by atoms with Gasteiger partial charge in [-0.3, -0.25) is 0 Å². The Morgan fingerprint density at radius 3 is 2.62 bits per heavy atom. The van der Waals surface area contributed by atoms with Crippen LogP contribution in [0.5, 0.6) is 0 Å². The van der Waals surface area contributed by atoms with Gasteiger partial charge in [0.25, 0.3) is 0 Å². The van der Waals surface area contributed by atoms with Crippen LogP contribution in [0, 0.1) is 5.95 Å². The molecule has 3 heteroatoms. The molecule has 1 rings (SSSR count). The molecule has 0 aliphatic carbocycles. The highest BCUT2D eigenvalue weighted by Crippen LogP contribution is 2.25. The second-order valence-electron chi connectivity index (χ2n) is 3.79. The summed E-state index contributed by atoms with van der Waals surface area (Å²) < 4.78 is 12.5. The quantitative estimate of drug-likeness (QED) is 0.724. The number of pyridine rings is 1. The monoisotopic (exact) mass is 182 g/mol. The summed E-state index contributed by atoms with van der Waals surface area (Å²) in [5.74, 6) is -0.438. The van der Waals surface area contributed by atoms with Crippen LogP contribution in [0.1, 0.15) is 25.8 Å². The molecule has 0 atom stereocenters. The Hall–Kier alpha value is -0.960. The van der Waals surface area contributed by atoms with Crippen LogP contribution in [0.3, 0.4) is 0 Å². The lowest BCUT2D eigenvalue weighted by atomic mass is 9.82. The van der Waals surface area contributed by atoms with Crippen LogP contribution in [0.4, 0.5) is 4.39 Å². The second kappa shape index (κ2) is 3.83. The molecule has 0 radical (unpaired) electrons. The zero-order valence-corrected chi connectivity index (χ0v) is 8.05. The zero-order chi connectivity index (χ0) is 9.90. The van der Waals surface area contributed by atoms with Crippen LogP contribution in [0.2, 0.25) is 0 Å². The van der Waals surface area contributed by atoms with Crippen molar-refractivity contribution in [2.24, 2.45) is 5.73 Å². The maximum absolute atomic E-state index is 12.5. The van der Waals surface area contributed by atoms with Gasteiger partial charge in [0.05, 0.1) is 0 Å². The lowest BCUT2D eigenvalue weighted by Gasteiger charge is -2.23. The SMILES string of the molecule is CC(C)(CCN)c1ccc(F)nc1. The van der Waals surface area contributed by atoms with Crippen LogP contribution in [0.25, 0.3) is 0 Å². The highest BCUT2D eigenvalue weighted by molar-refractivity contribution is 5.19. The van der Waals surface area contributed by atoms with Crippen molar-refractivity contribution in [3.8, 4) is 0 Å². The minimum absolute atomic E-state index is 0.0184. The number of hydrogen-bond acceptors (Lipinski definition) is 2. The number of halogens is 1. The molecule has 0 fully saturated rings. The normalized spacial score (nSPS) is 11.7. The summed E-state index contributed by atoms with van der Waals surface area (Å²) in [6, 6.07) is 3.14. The molecule has 2 N–H and O–H groups in total. The summed E-state index contributed by atoms with van der Waals surface area (Å²) in [6.45, 7) is 4.79. The minimum atomic E-state index is -0.438. The van der Waals surface area contributed by atoms with E-state index in [4.69, 9.17) is 5.73 Å². The van der Waals surface area contributed by atoms with Gasteiger partial charge in [0.1, 0.15) is 0 Å². The molecule has 0 aliphatic heterocycles. The van der Waals surface area contributed by atoms with Crippen molar-refractivity contribution in [1.82, 2.24) is 4.98 Å². The Bertz CT molecular complexity index is 267. The van der Waals surface area contributed by atoms with Crippen molar-refractivity contribution in [3.05, 3.63) is 29.8 Å². The van der Waals surface area contributed by atoms with Gasteiger partial charge in [0.2, 0.25) is 5.95 Å². The number of rotatable bonds is 3. The van der Waals surface area contributed by atoms with E-state index in [0.29, 0.717) is 6.54 Å². The topological polar surface area (TPSA) is 38.9 Å². The lowest BCUT2D eigenvalue weighted by molar-refractivity contribution is 0.482. The largest absolute Gasteiger partial charge is 0.330 e. The van der Waals surface area contributed by atoms with Crippen LogP contribution in [0.15, 0.2) is 18.3 Å². The van der Waals surface area contributed by atoms with Crippen LogP contribution >= 0.6 is 0 Å². The first-order chi connectivity index (χ1) is 6.06. The van der Waals surface area contributed by atoms with Crippen molar-refractivity contribution in [2.75, 3.05) is 6.54 Å². The second-order valence-corrected chi connectivity index (χ2v) is 3.79. The molecular formula is C10H15FN2. The fourth-order valence-electron chi connectivity index (χ4n) is 1.28. The summed E-state index contributed by atoms with van der Waals surface area (Å²) in [4.78, 5) is 3.62. The molecule has 0 saturated carbocycles. The Balaban J connectivity index is 2.87. The Morgan fingerprint density at radius 2 is 2.15 bits per heavy atom. The summed E-state index contributed by atoms with van der Waals surface area (Å²) in [5, 5.41) is 0. The number of hydrogen-bond donors (Lipinski definition) is 1. The van der Waals surface area contributed by atoms with Gasteiger partial charge in [-0.15, -0.1) is 0 Å². The van der Waals surface area contributed by atoms with E-state index in [2.05, 4.69) is 18.8 Å². The van der Waals surface area contributed by atoms with Gasteiger partial charge in [-0.2, -0.15) is 4.39 Å². The average molecular weight is 182 g/mol. The van der Waals surface area contributed by atoms with Gasteiger partial charge in [-0.25, -0.2) is 4.98 Å². The van der Waals surface area contributed by atoms with Crippen LogP contribution < -0.4 is 5.73 Å². The van der Waals surface area contributed by atoms with E-state index in [1.807, 2.05) is 0 Å². The third-order valence-corrected chi connectivity index (χ3v) is 2.28. The van der Waals surface area contributed by atoms with E-state index < -0.39 is 5.95 Å². The molecule has 1 aromatic heterocycles. The molecule has 0 aromatic carbocycles. The molecule has 0 bridgehead atoms. The fourth-order valence-corrected chi connectivity index (χ4v) is 1.28. The molecule has 1 aromatic rings. The molecule has 2 nitrogen and oxygen atoms in total. The van der Waals surface area contributed by atoms with Gasteiger partial charge in [0, 0.05) is 6.20 Å². The maximum Gasteiger partial charge on any atom is 0.212 e. The Kier molecular flexibility index (Phi) is 2.98. The minimum Gasteiger partial charge on any atom is -0.330 e. The molecule has 0 unspecified atom stereocenters. The first-order valence-electron chi connectivity index (χ1n) is 4.38. The molecule has 0 saturated heterocycles. The first kappa shape index (κ1) is 10.1. The first-order valence-corrected chi connectivity index (χ1v) is 4.38. The maximum atomic E-state index is 12.5. The fraction of sp³-hybridized carbons (Fsp3) is 0.500. The molecular weight excluding hydrogens is 167 g/mol. The van der Waals surface area contributed by atoms with Gasteiger partial charge < -0.3 is 5.73 Å². The molecule has 0 aliphatic rings. The van der Waals surface area contributed by atoms with Crippen LogP contribution in [-0.4, -0.2) is 11.5 Å². The van der Waals surface area contributed by atoms with E-state index in [0.717, 1.165) is 12.0 Å². The number of nitrogens with zero attached hydrogens (tertiary/aromatic N) is 1. The lowest BCUT2D eigenvalue weighted by Crippen LogP contribution is -2.21. The van der Waals surface area contributed by atoms with Gasteiger partial charge >= 0.3 is 0 Å². The average Bonchev–Trinajstić information content (AvgIpc) is 2.05. The highest BCUT2D eigenvalue weighted by atomic mass is 19.1. The Labute approximate surface area is 78.0 Å². The van der Waals surface area contributed by atoms with E-state index >= 15 is 0 Å². The van der Waals surface area contributed by atoms with Crippen molar-refractivity contribution >= 4 is 0 Å². The van der Waals surface area contributed by atoms with Crippen molar-refractivity contribution in [3.63, 3.8) is 0 Å². The van der Waals surface area contributed by atoms with Gasteiger partial charge in [0.15, 0.2) is 0 Å². The highest BCUT2D eigenvalue weighted by Gasteiger charge is 2.19. The van der Waals surface area contributed by atoms with Gasteiger partial charge in [-0.05, 0) is 30.0 Å². The summed E-state index contributed by atoms with van der Waals surface area (Å²) in [7, 11) is 0. The smallest absolute Gasteiger partial charge is 0.212 e. The van der Waals surface area contributed by atoms with Crippen molar-refractivity contribution < 1.29 is 4.39 Å². The molecule has 0 spiro atoms. The van der Waals surface area contributed by atoms with Crippen LogP contribution in [-0.2, 0) is 5.41 Å². The van der Waals surface area contributed by atoms with Gasteiger partial charge in [-0.1, -0.05) is 19.9 Å². The van der Waals surface area contributed by atoms with Crippen molar-refractivity contribution in [1.29, 1.82) is 0 Å². The predicted molar refractivity (Wildman–Crippen MR) is 50.9 cm³/mol. The number of aromatic nitrogens is 1. The third-order valence-electron chi connectivity index (χ3n) is 2.28. The summed E-state index contributed by atoms with van der Waals surface area (Å²) in [6.07, 6.45) is 2.45. The molecule has 1 heterocycles. The number of nitrogens with two attached hydrogens (primary N) is 1. The standard InChI is InChI=1S/C10H15FN2/c1-10(2,5-6-12)8-3-4-9(11)13-7-8/h3-4,7H,5-6,12H2,1-2H3. The zero-order valence-electron chi connectivity index (χ0n) is 8.05. The van der Waals surface area contributed by atoms with E-state index in [-0.39, 0.29) is 5.41 Å². The Morgan fingerprint density at radius 1 is 1.46 bits per heavy atom. The van der Waals surface area contributed by atoms with Crippen molar-refractivity contribution in [2.45, 2.75) is 25.7 Å². The summed E-state index contributed by atoms with van der Waals surface area (Å²) in [5.41, 5.74) is 6.50. The molecule has 13 heavy (non-hydrogen) atoms. The molecule has 72 valence electrons. The third kappa shape index (κ3) is 2.49. The summed E-state index contributed by atoms with van der Waals surface area (Å²) >= 11 is 0. The van der Waals surface area contributed by atoms with E-state index in [1.54, 1.807) is 12.3 Å².